The fourth-order valence-electron chi connectivity index (χ4n) is 4.66. The van der Waals surface area contributed by atoms with E-state index in [1.165, 1.54) is 12.3 Å². The van der Waals surface area contributed by atoms with Gasteiger partial charge in [0.25, 0.3) is 5.91 Å². The fraction of sp³-hybridized carbons (Fsp3) is 0.214. The van der Waals surface area contributed by atoms with E-state index in [4.69, 9.17) is 5.11 Å². The number of nitrogens with one attached hydrogen (secondary N) is 1. The first-order valence-electron chi connectivity index (χ1n) is 11.8. The topological polar surface area (TPSA) is 101 Å². The number of pyridine rings is 2. The van der Waals surface area contributed by atoms with Crippen molar-refractivity contribution >= 4 is 52.5 Å². The Morgan fingerprint density at radius 1 is 1.05 bits per heavy atom. The van der Waals surface area contributed by atoms with Gasteiger partial charge in [0, 0.05) is 59.6 Å². The molecule has 0 spiro atoms. The molecule has 2 N–H and O–H groups in total. The number of fused-ring (bicyclic) bond motifs is 1. The Kier molecular flexibility index (Phi) is 6.74. The molecule has 2 aliphatic carbocycles. The zero-order valence-electron chi connectivity index (χ0n) is 20.1. The largest absolute Gasteiger partial charge is 0.481 e. The van der Waals surface area contributed by atoms with E-state index in [0.29, 0.717) is 34.3 Å². The first-order chi connectivity index (χ1) is 17.4. The van der Waals surface area contributed by atoms with Crippen LogP contribution in [-0.2, 0) is 4.79 Å². The summed E-state index contributed by atoms with van der Waals surface area (Å²) in [5.41, 5.74) is 2.53. The molecule has 2 atom stereocenters. The molecule has 2 saturated carbocycles. The molecule has 0 saturated heterocycles. The first kappa shape index (κ1) is 25.3. The average molecular weight is 506 g/mol. The second-order valence-electron chi connectivity index (χ2n) is 9.44. The second-order valence-corrected chi connectivity index (χ2v) is 9.44. The van der Waals surface area contributed by atoms with Gasteiger partial charge < -0.3 is 15.0 Å². The Bertz CT molecular complexity index is 1620. The number of hydrogen-bond donors (Lipinski definition) is 2. The van der Waals surface area contributed by atoms with E-state index in [0.717, 1.165) is 18.4 Å². The summed E-state index contributed by atoms with van der Waals surface area (Å²) in [6, 6.07) is 15.6. The number of halogens is 1. The van der Waals surface area contributed by atoms with Crippen LogP contribution in [0.5, 0.6) is 0 Å². The van der Waals surface area contributed by atoms with E-state index in [1.54, 1.807) is 35.0 Å². The molecule has 4 aromatic rings. The zero-order valence-corrected chi connectivity index (χ0v) is 22.1. The molecule has 6 rings (SSSR count). The van der Waals surface area contributed by atoms with E-state index in [9.17, 15) is 18.8 Å². The quantitative estimate of drug-likeness (QED) is 0.387. The molecule has 0 aliphatic heterocycles. The minimum absolute atomic E-state index is 0. The van der Waals surface area contributed by atoms with Crippen LogP contribution < -0.4 is 10.7 Å². The monoisotopic (exact) mass is 506 g/mol. The molecule has 2 aliphatic rings. The van der Waals surface area contributed by atoms with Crippen LogP contribution in [0.25, 0.3) is 27.8 Å². The van der Waals surface area contributed by atoms with Crippen LogP contribution in [0.4, 0.5) is 4.39 Å². The summed E-state index contributed by atoms with van der Waals surface area (Å²) in [5.74, 6) is -2.55. The first-order valence-corrected chi connectivity index (χ1v) is 11.8. The summed E-state index contributed by atoms with van der Waals surface area (Å²) >= 11 is 0. The standard InChI is InChI=1S/C28H22FN3O4.Na/c29-24-12-16(6-9-19(24)21-13-22(21)28(35)36)15-3-1-4-18(11-15)32-14-23(27(34)31-17-7-8-17)25(33)20-5-2-10-30-26(20)32;/h1-6,9-12,14,17,21-22H,7-8,13H2,(H,31,34)(H,35,36);/t21-,22+;/m0./s1. The van der Waals surface area contributed by atoms with Crippen molar-refractivity contribution in [2.75, 3.05) is 0 Å². The van der Waals surface area contributed by atoms with Gasteiger partial charge in [0.2, 0.25) is 5.43 Å². The molecular formula is C28H22FN3NaO4. The van der Waals surface area contributed by atoms with Crippen molar-refractivity contribution in [2.45, 2.75) is 31.2 Å². The molecule has 9 heteroatoms. The van der Waals surface area contributed by atoms with Gasteiger partial charge in [-0.2, -0.15) is 0 Å². The predicted molar refractivity (Wildman–Crippen MR) is 137 cm³/mol. The molecule has 181 valence electrons. The van der Waals surface area contributed by atoms with Crippen LogP contribution in [0, 0.1) is 11.7 Å². The van der Waals surface area contributed by atoms with Crippen LogP contribution in [0.1, 0.15) is 41.1 Å². The number of nitrogens with zero attached hydrogens (tertiary/aromatic N) is 2. The number of hydrogen-bond acceptors (Lipinski definition) is 4. The van der Waals surface area contributed by atoms with Crippen molar-refractivity contribution in [1.29, 1.82) is 0 Å². The minimum atomic E-state index is -0.900. The maximum Gasteiger partial charge on any atom is 0.307 e. The molecular weight excluding hydrogens is 484 g/mol. The van der Waals surface area contributed by atoms with Crippen LogP contribution in [0.3, 0.4) is 0 Å². The summed E-state index contributed by atoms with van der Waals surface area (Å²) < 4.78 is 16.6. The third kappa shape index (κ3) is 4.84. The van der Waals surface area contributed by atoms with E-state index in [2.05, 4.69) is 10.3 Å². The molecule has 0 unspecified atom stereocenters. The fourth-order valence-corrected chi connectivity index (χ4v) is 4.66. The van der Waals surface area contributed by atoms with Gasteiger partial charge in [-0.25, -0.2) is 9.37 Å². The van der Waals surface area contributed by atoms with Gasteiger partial charge in [-0.1, -0.05) is 24.3 Å². The third-order valence-corrected chi connectivity index (χ3v) is 6.88. The SMILES string of the molecule is O=C(NC1CC1)c1cn(-c2cccc(-c3ccc([C@@H]4C[C@H]4C(=O)O)c(F)c3)c2)c2ncccc2c1=O.[Na]. The molecule has 2 heterocycles. The van der Waals surface area contributed by atoms with Crippen molar-refractivity contribution in [3.8, 4) is 16.8 Å². The second kappa shape index (κ2) is 9.85. The van der Waals surface area contributed by atoms with Crippen LogP contribution in [-0.4, -0.2) is 62.1 Å². The maximum atomic E-state index is 14.9. The van der Waals surface area contributed by atoms with E-state index in [1.807, 2.05) is 24.3 Å². The summed E-state index contributed by atoms with van der Waals surface area (Å²) in [7, 11) is 0. The number of aliphatic carboxylic acids is 1. The predicted octanol–water partition coefficient (Wildman–Crippen LogP) is 3.89. The zero-order chi connectivity index (χ0) is 25.0. The number of carbonyl (C=O) groups excluding carboxylic acids is 1. The molecule has 0 bridgehead atoms. The number of carboxylic acids is 1. The van der Waals surface area contributed by atoms with Crippen LogP contribution in [0.2, 0.25) is 0 Å². The Morgan fingerprint density at radius 3 is 2.54 bits per heavy atom. The Balaban J connectivity index is 0.00000280. The van der Waals surface area contributed by atoms with Crippen molar-refractivity contribution in [1.82, 2.24) is 14.9 Å². The van der Waals surface area contributed by atoms with E-state index in [-0.39, 0.29) is 52.5 Å². The van der Waals surface area contributed by atoms with Gasteiger partial charge in [0.15, 0.2) is 0 Å². The smallest absolute Gasteiger partial charge is 0.307 e. The number of amides is 1. The van der Waals surface area contributed by atoms with Crippen LogP contribution >= 0.6 is 0 Å². The molecule has 2 aromatic heterocycles. The Morgan fingerprint density at radius 2 is 1.84 bits per heavy atom. The number of rotatable bonds is 6. The van der Waals surface area contributed by atoms with Crippen molar-refractivity contribution in [3.05, 3.63) is 94.2 Å². The van der Waals surface area contributed by atoms with Crippen molar-refractivity contribution < 1.29 is 19.1 Å². The van der Waals surface area contributed by atoms with Crippen molar-refractivity contribution in [3.63, 3.8) is 0 Å². The summed E-state index contributed by atoms with van der Waals surface area (Å²) in [5, 5.41) is 12.4. The average Bonchev–Trinajstić information content (AvgIpc) is 3.80. The third-order valence-electron chi connectivity index (χ3n) is 6.88. The Labute approximate surface area is 233 Å². The van der Waals surface area contributed by atoms with Gasteiger partial charge in [0.05, 0.1) is 11.3 Å². The summed E-state index contributed by atoms with van der Waals surface area (Å²) in [6.45, 7) is 0. The number of benzene rings is 2. The van der Waals surface area contributed by atoms with Gasteiger partial charge in [-0.15, -0.1) is 0 Å². The van der Waals surface area contributed by atoms with Gasteiger partial charge in [0.1, 0.15) is 17.0 Å². The Hall–Kier alpha value is -3.33. The van der Waals surface area contributed by atoms with Gasteiger partial charge >= 0.3 is 5.97 Å². The van der Waals surface area contributed by atoms with Gasteiger partial charge in [-0.05, 0) is 66.3 Å². The molecule has 1 amide bonds. The molecule has 7 nitrogen and oxygen atoms in total. The molecule has 1 radical (unpaired) electrons. The maximum absolute atomic E-state index is 14.9. The van der Waals surface area contributed by atoms with Crippen LogP contribution in [0.15, 0.2) is 71.8 Å². The van der Waals surface area contributed by atoms with Gasteiger partial charge in [-0.3, -0.25) is 14.4 Å². The summed E-state index contributed by atoms with van der Waals surface area (Å²) in [4.78, 5) is 41.4. The molecule has 2 aromatic carbocycles. The summed E-state index contributed by atoms with van der Waals surface area (Å²) in [6.07, 6.45) is 5.36. The number of carboxylic acid groups (broad SMARTS) is 1. The molecule has 37 heavy (non-hydrogen) atoms. The number of carbonyl (C=O) groups is 2. The van der Waals surface area contributed by atoms with E-state index >= 15 is 0 Å². The molecule has 2 fully saturated rings. The van der Waals surface area contributed by atoms with E-state index < -0.39 is 23.6 Å². The number of aromatic nitrogens is 2. The van der Waals surface area contributed by atoms with Crippen molar-refractivity contribution in [2.24, 2.45) is 5.92 Å². The minimum Gasteiger partial charge on any atom is -0.481 e. The normalized spacial score (nSPS) is 18.2.